The fourth-order valence-corrected chi connectivity index (χ4v) is 2.11. The molecule has 0 unspecified atom stereocenters. The molecule has 0 saturated heterocycles. The first-order valence-electron chi connectivity index (χ1n) is 4.43. The van der Waals surface area contributed by atoms with Crippen molar-refractivity contribution in [2.75, 3.05) is 7.11 Å². The average molecular weight is 272 g/mol. The van der Waals surface area contributed by atoms with Crippen LogP contribution in [0, 0.1) is 10.1 Å². The van der Waals surface area contributed by atoms with Gasteiger partial charge in [-0.15, -0.1) is 10.2 Å². The van der Waals surface area contributed by atoms with Gasteiger partial charge in [0.15, 0.2) is 5.75 Å². The highest BCUT2D eigenvalue weighted by Crippen LogP contribution is 2.33. The maximum absolute atomic E-state index is 10.8. The molecule has 0 bridgehead atoms. The Morgan fingerprint density at radius 2 is 2.24 bits per heavy atom. The summed E-state index contributed by atoms with van der Waals surface area (Å²) in [5.41, 5.74) is 0.471. The van der Waals surface area contributed by atoms with Crippen LogP contribution in [-0.2, 0) is 0 Å². The smallest absolute Gasteiger partial charge is 0.311 e. The third-order valence-corrected chi connectivity index (χ3v) is 3.09. The van der Waals surface area contributed by atoms with Crippen molar-refractivity contribution in [2.24, 2.45) is 0 Å². The second-order valence-electron chi connectivity index (χ2n) is 3.00. The predicted octanol–water partition coefficient (Wildman–Crippen LogP) is 2.78. The molecule has 0 atom stereocenters. The quantitative estimate of drug-likeness (QED) is 0.633. The summed E-state index contributed by atoms with van der Waals surface area (Å²) in [5.74, 6) is 0.203. The lowest BCUT2D eigenvalue weighted by molar-refractivity contribution is -0.385. The summed E-state index contributed by atoms with van der Waals surface area (Å²) in [7, 11) is 1.38. The van der Waals surface area contributed by atoms with E-state index in [2.05, 4.69) is 10.2 Å². The van der Waals surface area contributed by atoms with Gasteiger partial charge in [0.05, 0.1) is 12.0 Å². The fraction of sp³-hybridized carbons (Fsp3) is 0.111. The summed E-state index contributed by atoms with van der Waals surface area (Å²) in [4.78, 5) is 10.3. The van der Waals surface area contributed by atoms with Gasteiger partial charge in [-0.1, -0.05) is 11.3 Å². The van der Waals surface area contributed by atoms with Gasteiger partial charge in [0.1, 0.15) is 5.01 Å². The molecule has 0 aliphatic heterocycles. The Hall–Kier alpha value is -1.73. The van der Waals surface area contributed by atoms with E-state index >= 15 is 0 Å². The SMILES string of the molecule is COc1ccc(-c2nnc(Cl)s2)cc1[N+](=O)[O-]. The zero-order chi connectivity index (χ0) is 12.4. The van der Waals surface area contributed by atoms with Crippen LogP contribution in [0.1, 0.15) is 0 Å². The van der Waals surface area contributed by atoms with Crippen molar-refractivity contribution in [3.63, 3.8) is 0 Å². The number of hydrogen-bond donors (Lipinski definition) is 0. The molecule has 0 amide bonds. The Bertz CT molecular complexity index is 572. The van der Waals surface area contributed by atoms with E-state index in [0.29, 0.717) is 15.0 Å². The van der Waals surface area contributed by atoms with Gasteiger partial charge >= 0.3 is 5.69 Å². The fourth-order valence-electron chi connectivity index (χ4n) is 1.29. The molecule has 0 aliphatic rings. The van der Waals surface area contributed by atoms with Gasteiger partial charge in [-0.05, 0) is 23.7 Å². The highest BCUT2D eigenvalue weighted by Gasteiger charge is 2.17. The van der Waals surface area contributed by atoms with Crippen LogP contribution in [0.3, 0.4) is 0 Å². The minimum atomic E-state index is -0.509. The Morgan fingerprint density at radius 3 is 2.76 bits per heavy atom. The zero-order valence-electron chi connectivity index (χ0n) is 8.58. The summed E-state index contributed by atoms with van der Waals surface area (Å²) in [5, 5.41) is 18.8. The number of halogens is 1. The van der Waals surface area contributed by atoms with Crippen LogP contribution in [-0.4, -0.2) is 22.2 Å². The van der Waals surface area contributed by atoms with Crippen LogP contribution in [0.4, 0.5) is 5.69 Å². The van der Waals surface area contributed by atoms with Gasteiger partial charge in [-0.3, -0.25) is 10.1 Å². The van der Waals surface area contributed by atoms with E-state index in [1.807, 2.05) is 0 Å². The van der Waals surface area contributed by atoms with Crippen LogP contribution < -0.4 is 4.74 Å². The van der Waals surface area contributed by atoms with Gasteiger partial charge in [0.25, 0.3) is 0 Å². The number of ether oxygens (including phenoxy) is 1. The van der Waals surface area contributed by atoms with Gasteiger partial charge in [-0.2, -0.15) is 0 Å². The summed E-state index contributed by atoms with van der Waals surface area (Å²) < 4.78 is 5.19. The van der Waals surface area contributed by atoms with Gasteiger partial charge < -0.3 is 4.74 Å². The van der Waals surface area contributed by atoms with Crippen LogP contribution in [0.2, 0.25) is 4.47 Å². The first kappa shape index (κ1) is 11.7. The molecule has 2 rings (SSSR count). The van der Waals surface area contributed by atoms with Crippen molar-refractivity contribution in [1.29, 1.82) is 0 Å². The van der Waals surface area contributed by atoms with Crippen LogP contribution in [0.25, 0.3) is 10.6 Å². The molecule has 0 spiro atoms. The van der Waals surface area contributed by atoms with Crippen LogP contribution >= 0.6 is 22.9 Å². The van der Waals surface area contributed by atoms with Crippen molar-refractivity contribution < 1.29 is 9.66 Å². The zero-order valence-corrected chi connectivity index (χ0v) is 10.2. The molecule has 0 radical (unpaired) electrons. The van der Waals surface area contributed by atoms with E-state index in [1.54, 1.807) is 6.07 Å². The van der Waals surface area contributed by atoms with E-state index in [4.69, 9.17) is 16.3 Å². The molecule has 17 heavy (non-hydrogen) atoms. The van der Waals surface area contributed by atoms with E-state index in [9.17, 15) is 10.1 Å². The number of benzene rings is 1. The van der Waals surface area contributed by atoms with Crippen molar-refractivity contribution in [2.45, 2.75) is 0 Å². The molecule has 0 aliphatic carbocycles. The summed E-state index contributed by atoms with van der Waals surface area (Å²) in [6.07, 6.45) is 0. The molecule has 0 saturated carbocycles. The minimum absolute atomic E-state index is 0.115. The van der Waals surface area contributed by atoms with E-state index in [0.717, 1.165) is 11.3 Å². The molecule has 2 aromatic rings. The number of rotatable bonds is 3. The van der Waals surface area contributed by atoms with E-state index < -0.39 is 4.92 Å². The lowest BCUT2D eigenvalue weighted by atomic mass is 10.2. The topological polar surface area (TPSA) is 78.2 Å². The molecular weight excluding hydrogens is 266 g/mol. The Balaban J connectivity index is 2.50. The lowest BCUT2D eigenvalue weighted by Crippen LogP contribution is -1.94. The van der Waals surface area contributed by atoms with Crippen LogP contribution in [0.15, 0.2) is 18.2 Å². The number of aromatic nitrogens is 2. The van der Waals surface area contributed by atoms with Crippen LogP contribution in [0.5, 0.6) is 5.75 Å². The van der Waals surface area contributed by atoms with Crippen molar-refractivity contribution in [3.8, 4) is 16.3 Å². The third kappa shape index (κ3) is 2.34. The Kier molecular flexibility index (Phi) is 3.21. The van der Waals surface area contributed by atoms with Gasteiger partial charge in [0, 0.05) is 11.6 Å². The number of hydrogen-bond acceptors (Lipinski definition) is 6. The first-order chi connectivity index (χ1) is 8.11. The number of nitro benzene ring substituents is 1. The molecule has 0 fully saturated rings. The number of nitro groups is 1. The maximum Gasteiger partial charge on any atom is 0.311 e. The highest BCUT2D eigenvalue weighted by molar-refractivity contribution is 7.18. The molecule has 1 aromatic heterocycles. The van der Waals surface area contributed by atoms with Gasteiger partial charge in [-0.25, -0.2) is 0 Å². The number of nitrogens with zero attached hydrogens (tertiary/aromatic N) is 3. The molecule has 0 N–H and O–H groups in total. The summed E-state index contributed by atoms with van der Waals surface area (Å²) in [6.45, 7) is 0. The molecule has 1 aromatic carbocycles. The van der Waals surface area contributed by atoms with Gasteiger partial charge in [0.2, 0.25) is 4.47 Å². The second-order valence-corrected chi connectivity index (χ2v) is 4.56. The largest absolute Gasteiger partial charge is 0.490 e. The van der Waals surface area contributed by atoms with E-state index in [-0.39, 0.29) is 11.4 Å². The minimum Gasteiger partial charge on any atom is -0.490 e. The molecule has 1 heterocycles. The standard InChI is InChI=1S/C9H6ClN3O3S/c1-16-7-3-2-5(4-6(7)13(14)15)8-11-12-9(10)17-8/h2-4H,1H3. The molecular formula is C9H6ClN3O3S. The summed E-state index contributed by atoms with van der Waals surface area (Å²) in [6, 6.07) is 4.57. The van der Waals surface area contributed by atoms with Crippen molar-refractivity contribution in [1.82, 2.24) is 10.2 Å². The highest BCUT2D eigenvalue weighted by atomic mass is 35.5. The lowest BCUT2D eigenvalue weighted by Gasteiger charge is -2.02. The average Bonchev–Trinajstić information content (AvgIpc) is 2.75. The molecule has 6 nitrogen and oxygen atoms in total. The monoisotopic (exact) mass is 271 g/mol. The van der Waals surface area contributed by atoms with Crippen molar-refractivity contribution >= 4 is 28.6 Å². The second kappa shape index (κ2) is 4.64. The van der Waals surface area contributed by atoms with E-state index in [1.165, 1.54) is 19.2 Å². The Morgan fingerprint density at radius 1 is 1.47 bits per heavy atom. The predicted molar refractivity (Wildman–Crippen MR) is 63.6 cm³/mol. The maximum atomic E-state index is 10.8. The summed E-state index contributed by atoms with van der Waals surface area (Å²) >= 11 is 6.81. The first-order valence-corrected chi connectivity index (χ1v) is 5.63. The normalized spacial score (nSPS) is 10.2. The number of methoxy groups -OCH3 is 1. The van der Waals surface area contributed by atoms with Crippen molar-refractivity contribution in [3.05, 3.63) is 32.8 Å². The third-order valence-electron chi connectivity index (χ3n) is 2.02. The molecule has 88 valence electrons. The molecule has 8 heteroatoms. The Labute approximate surface area is 105 Å².